The first-order valence-corrected chi connectivity index (χ1v) is 11.9. The number of aryl methyl sites for hydroxylation is 1. The van der Waals surface area contributed by atoms with Gasteiger partial charge in [0.15, 0.2) is 10.9 Å². The average molecular weight is 481 g/mol. The number of hydrogen-bond acceptors (Lipinski definition) is 7. The Bertz CT molecular complexity index is 1270. The van der Waals surface area contributed by atoms with E-state index in [9.17, 15) is 4.79 Å². The number of hydrogen-bond donors (Lipinski definition) is 2. The van der Waals surface area contributed by atoms with Gasteiger partial charge in [0.2, 0.25) is 4.96 Å². The van der Waals surface area contributed by atoms with E-state index in [-0.39, 0.29) is 11.0 Å². The number of amides is 1. The molecule has 0 unspecified atom stereocenters. The van der Waals surface area contributed by atoms with Crippen molar-refractivity contribution < 1.29 is 9.53 Å². The molecule has 0 radical (unpaired) electrons. The zero-order valence-corrected chi connectivity index (χ0v) is 20.0. The Hall–Kier alpha value is -3.37. The Kier molecular flexibility index (Phi) is 7.26. The molecule has 33 heavy (non-hydrogen) atoms. The first-order chi connectivity index (χ1) is 16.1. The van der Waals surface area contributed by atoms with E-state index in [0.717, 1.165) is 39.8 Å². The molecule has 0 aliphatic heterocycles. The van der Waals surface area contributed by atoms with Crippen molar-refractivity contribution in [2.75, 3.05) is 6.61 Å². The van der Waals surface area contributed by atoms with Crippen LogP contribution in [0.1, 0.15) is 42.0 Å². The molecule has 0 fully saturated rings. The number of aromatic nitrogens is 4. The zero-order valence-electron chi connectivity index (χ0n) is 18.4. The zero-order chi connectivity index (χ0) is 23.2. The van der Waals surface area contributed by atoms with Crippen molar-refractivity contribution in [3.8, 4) is 16.3 Å². The van der Waals surface area contributed by atoms with E-state index in [0.29, 0.717) is 24.5 Å². The van der Waals surface area contributed by atoms with E-state index < -0.39 is 0 Å². The highest BCUT2D eigenvalue weighted by Crippen LogP contribution is 2.25. The van der Waals surface area contributed by atoms with Gasteiger partial charge in [-0.3, -0.25) is 10.1 Å². The van der Waals surface area contributed by atoms with Crippen LogP contribution in [-0.4, -0.2) is 37.4 Å². The van der Waals surface area contributed by atoms with Gasteiger partial charge in [-0.1, -0.05) is 55.5 Å². The van der Waals surface area contributed by atoms with Crippen LogP contribution in [0.5, 0.6) is 5.75 Å². The first-order valence-electron chi connectivity index (χ1n) is 10.7. The van der Waals surface area contributed by atoms with E-state index in [4.69, 9.17) is 17.0 Å². The van der Waals surface area contributed by atoms with Gasteiger partial charge >= 0.3 is 0 Å². The number of fused-ring (bicyclic) bond motifs is 1. The van der Waals surface area contributed by atoms with Crippen LogP contribution in [0.25, 0.3) is 15.5 Å². The largest absolute Gasteiger partial charge is 0.494 e. The molecule has 10 heteroatoms. The van der Waals surface area contributed by atoms with Gasteiger partial charge in [-0.15, -0.1) is 10.2 Å². The minimum absolute atomic E-state index is 0.268. The normalized spacial score (nSPS) is 10.8. The molecule has 2 aromatic heterocycles. The number of carbonyl (C=O) groups is 1. The fourth-order valence-corrected chi connectivity index (χ4v) is 4.14. The van der Waals surface area contributed by atoms with E-state index >= 15 is 0 Å². The molecule has 0 saturated carbocycles. The number of thiocarbonyl (C=S) groups is 1. The Morgan fingerprint density at radius 3 is 2.73 bits per heavy atom. The van der Waals surface area contributed by atoms with E-state index in [1.165, 1.54) is 11.3 Å². The molecule has 2 heterocycles. The van der Waals surface area contributed by atoms with Gasteiger partial charge in [0, 0.05) is 24.1 Å². The third-order valence-electron chi connectivity index (χ3n) is 4.82. The second-order valence-corrected chi connectivity index (χ2v) is 8.65. The van der Waals surface area contributed by atoms with Gasteiger partial charge in [0.1, 0.15) is 10.8 Å². The van der Waals surface area contributed by atoms with E-state index in [1.807, 2.05) is 44.2 Å². The Morgan fingerprint density at radius 2 is 1.97 bits per heavy atom. The second-order valence-electron chi connectivity index (χ2n) is 7.28. The maximum atomic E-state index is 12.5. The van der Waals surface area contributed by atoms with Gasteiger partial charge in [0.05, 0.1) is 6.61 Å². The summed E-state index contributed by atoms with van der Waals surface area (Å²) in [7, 11) is 0. The molecule has 4 aromatic rings. The summed E-state index contributed by atoms with van der Waals surface area (Å²) in [4.78, 5) is 13.3. The molecular formula is C23H24N6O2S2. The number of rotatable bonds is 8. The number of nitrogens with one attached hydrogen (secondary N) is 2. The molecule has 4 rings (SSSR count). The molecule has 170 valence electrons. The lowest BCUT2D eigenvalue weighted by Gasteiger charge is -2.11. The molecule has 0 aliphatic rings. The van der Waals surface area contributed by atoms with Crippen LogP contribution in [0.3, 0.4) is 0 Å². The Labute approximate surface area is 201 Å². The first kappa shape index (κ1) is 22.8. The number of nitrogens with zero attached hydrogens (tertiary/aromatic N) is 4. The second kappa shape index (κ2) is 10.5. The maximum Gasteiger partial charge on any atom is 0.257 e. The summed E-state index contributed by atoms with van der Waals surface area (Å²) in [5.41, 5.74) is 2.54. The summed E-state index contributed by atoms with van der Waals surface area (Å²) >= 11 is 6.79. The lowest BCUT2D eigenvalue weighted by Crippen LogP contribution is -2.38. The van der Waals surface area contributed by atoms with Crippen molar-refractivity contribution in [3.05, 3.63) is 65.5 Å². The summed E-state index contributed by atoms with van der Waals surface area (Å²) in [6.07, 6.45) is 1.68. The molecule has 0 saturated heterocycles. The van der Waals surface area contributed by atoms with Crippen molar-refractivity contribution >= 4 is 39.5 Å². The minimum atomic E-state index is -0.278. The Morgan fingerprint density at radius 1 is 1.15 bits per heavy atom. The summed E-state index contributed by atoms with van der Waals surface area (Å²) in [5.74, 6) is 1.24. The Balaban J connectivity index is 1.32. The third kappa shape index (κ3) is 5.52. The van der Waals surface area contributed by atoms with Crippen LogP contribution in [0, 0.1) is 0 Å². The van der Waals surface area contributed by atoms with Crippen molar-refractivity contribution in [2.24, 2.45) is 0 Å². The summed E-state index contributed by atoms with van der Waals surface area (Å²) in [6, 6.07) is 15.1. The topological polar surface area (TPSA) is 93.4 Å². The third-order valence-corrected chi connectivity index (χ3v) is 6.02. The van der Waals surface area contributed by atoms with E-state index in [2.05, 4.69) is 25.9 Å². The smallest absolute Gasteiger partial charge is 0.257 e. The standard InChI is InChI=1S/C23H24N6O2S2/c1-3-12-31-18-7-5-6-17(13-18)20(30)25-22(32)24-14-15-8-10-16(11-9-15)21-28-29-19(4-2)26-27-23(29)33-21/h5-11,13H,3-4,12,14H2,1-2H3,(H2,24,25,30,32). The van der Waals surface area contributed by atoms with Crippen LogP contribution in [0.15, 0.2) is 48.5 Å². The summed E-state index contributed by atoms with van der Waals surface area (Å²) in [6.45, 7) is 5.16. The monoisotopic (exact) mass is 480 g/mol. The molecule has 0 bridgehead atoms. The fraction of sp³-hybridized carbons (Fsp3) is 0.261. The molecular weight excluding hydrogens is 456 g/mol. The highest BCUT2D eigenvalue weighted by Gasteiger charge is 2.12. The molecule has 0 atom stereocenters. The van der Waals surface area contributed by atoms with Gasteiger partial charge < -0.3 is 10.1 Å². The van der Waals surface area contributed by atoms with E-state index in [1.54, 1.807) is 22.7 Å². The van der Waals surface area contributed by atoms with Crippen molar-refractivity contribution in [2.45, 2.75) is 33.2 Å². The van der Waals surface area contributed by atoms with Gasteiger partial charge in [-0.2, -0.15) is 9.61 Å². The highest BCUT2D eigenvalue weighted by molar-refractivity contribution is 7.80. The fourth-order valence-electron chi connectivity index (χ4n) is 3.11. The lowest BCUT2D eigenvalue weighted by atomic mass is 10.1. The molecule has 2 N–H and O–H groups in total. The van der Waals surface area contributed by atoms with Crippen LogP contribution in [0.4, 0.5) is 0 Å². The average Bonchev–Trinajstić information content (AvgIpc) is 3.43. The van der Waals surface area contributed by atoms with Gasteiger partial charge in [-0.05, 0) is 42.4 Å². The number of benzene rings is 2. The van der Waals surface area contributed by atoms with Crippen LogP contribution >= 0.6 is 23.6 Å². The summed E-state index contributed by atoms with van der Waals surface area (Å²) in [5, 5.41) is 19.9. The molecule has 2 aromatic carbocycles. The molecule has 1 amide bonds. The van der Waals surface area contributed by atoms with Gasteiger partial charge in [-0.25, -0.2) is 0 Å². The number of carbonyl (C=O) groups excluding carboxylic acids is 1. The minimum Gasteiger partial charge on any atom is -0.494 e. The maximum absolute atomic E-state index is 12.5. The quantitative estimate of drug-likeness (QED) is 0.368. The van der Waals surface area contributed by atoms with Crippen molar-refractivity contribution in [3.63, 3.8) is 0 Å². The number of ether oxygens (including phenoxy) is 1. The van der Waals surface area contributed by atoms with Crippen LogP contribution in [0.2, 0.25) is 0 Å². The van der Waals surface area contributed by atoms with Crippen LogP contribution < -0.4 is 15.4 Å². The summed E-state index contributed by atoms with van der Waals surface area (Å²) < 4.78 is 7.38. The van der Waals surface area contributed by atoms with Gasteiger partial charge in [0.25, 0.3) is 5.91 Å². The molecule has 8 nitrogen and oxygen atoms in total. The predicted molar refractivity (Wildman–Crippen MR) is 133 cm³/mol. The van der Waals surface area contributed by atoms with Crippen LogP contribution in [-0.2, 0) is 13.0 Å². The molecule has 0 spiro atoms. The van der Waals surface area contributed by atoms with Crippen molar-refractivity contribution in [1.82, 2.24) is 30.4 Å². The van der Waals surface area contributed by atoms with Crippen molar-refractivity contribution in [1.29, 1.82) is 0 Å². The SMILES string of the molecule is CCCOc1cccc(C(=O)NC(=S)NCc2ccc(-c3nn4c(CC)nnc4s3)cc2)c1. The predicted octanol–water partition coefficient (Wildman–Crippen LogP) is 4.01. The molecule has 0 aliphatic carbocycles. The lowest BCUT2D eigenvalue weighted by molar-refractivity contribution is 0.0976. The highest BCUT2D eigenvalue weighted by atomic mass is 32.1.